The molecule has 0 fully saturated rings. The molecule has 0 atom stereocenters. The molecule has 5 heteroatoms. The zero-order valence-corrected chi connectivity index (χ0v) is 10.8. The molecule has 1 aromatic heterocycles. The van der Waals surface area contributed by atoms with E-state index in [1.54, 1.807) is 19.1 Å². The maximum atomic E-state index is 11.9. The van der Waals surface area contributed by atoms with E-state index in [0.717, 1.165) is 11.6 Å². The minimum absolute atomic E-state index is 0.0316. The molecule has 1 aromatic carbocycles. The Hall–Kier alpha value is -2.43. The fourth-order valence-electron chi connectivity index (χ4n) is 1.81. The van der Waals surface area contributed by atoms with Crippen LogP contribution in [0.15, 0.2) is 35.1 Å². The van der Waals surface area contributed by atoms with Crippen LogP contribution in [0.1, 0.15) is 28.5 Å². The minimum atomic E-state index is -1.13. The Morgan fingerprint density at radius 2 is 1.95 bits per heavy atom. The van der Waals surface area contributed by atoms with Gasteiger partial charge < -0.3 is 5.11 Å². The average Bonchev–Trinajstić information content (AvgIpc) is 2.39. The Morgan fingerprint density at radius 3 is 2.47 bits per heavy atom. The van der Waals surface area contributed by atoms with Crippen LogP contribution in [0.5, 0.6) is 0 Å². The van der Waals surface area contributed by atoms with E-state index in [4.69, 9.17) is 5.11 Å². The zero-order valence-electron chi connectivity index (χ0n) is 10.8. The van der Waals surface area contributed by atoms with E-state index in [9.17, 15) is 9.59 Å². The van der Waals surface area contributed by atoms with E-state index in [1.807, 2.05) is 19.1 Å². The summed E-state index contributed by atoms with van der Waals surface area (Å²) in [5.41, 5.74) is 1.62. The van der Waals surface area contributed by atoms with Crippen LogP contribution >= 0.6 is 0 Å². The van der Waals surface area contributed by atoms with E-state index in [1.165, 1.54) is 4.68 Å². The highest BCUT2D eigenvalue weighted by Crippen LogP contribution is 2.09. The van der Waals surface area contributed by atoms with Crippen molar-refractivity contribution in [3.8, 4) is 5.69 Å². The molecule has 0 saturated heterocycles. The van der Waals surface area contributed by atoms with E-state index in [-0.39, 0.29) is 5.56 Å². The lowest BCUT2D eigenvalue weighted by Crippen LogP contribution is -2.24. The van der Waals surface area contributed by atoms with Crippen molar-refractivity contribution in [2.45, 2.75) is 20.3 Å². The van der Waals surface area contributed by atoms with Gasteiger partial charge in [0.05, 0.1) is 16.9 Å². The summed E-state index contributed by atoms with van der Waals surface area (Å²) in [5.74, 6) is -1.13. The summed E-state index contributed by atoms with van der Waals surface area (Å²) in [7, 11) is 0. The summed E-state index contributed by atoms with van der Waals surface area (Å²) in [5, 5.41) is 13.2. The van der Waals surface area contributed by atoms with Crippen LogP contribution in [0.4, 0.5) is 0 Å². The quantitative estimate of drug-likeness (QED) is 0.911. The SMILES string of the molecule is CCc1nn(-c2ccc(C)cc2)c(=O)cc1C(=O)O. The van der Waals surface area contributed by atoms with Crippen LogP contribution in [0, 0.1) is 6.92 Å². The van der Waals surface area contributed by atoms with Crippen molar-refractivity contribution < 1.29 is 9.90 Å². The number of aromatic carboxylic acids is 1. The highest BCUT2D eigenvalue weighted by atomic mass is 16.4. The van der Waals surface area contributed by atoms with Crippen molar-refractivity contribution >= 4 is 5.97 Å². The summed E-state index contributed by atoms with van der Waals surface area (Å²) >= 11 is 0. The average molecular weight is 258 g/mol. The first-order valence-electron chi connectivity index (χ1n) is 5.96. The Morgan fingerprint density at radius 1 is 1.32 bits per heavy atom. The molecule has 0 aliphatic rings. The molecule has 2 rings (SSSR count). The molecule has 0 bridgehead atoms. The fraction of sp³-hybridized carbons (Fsp3) is 0.214. The molecule has 0 spiro atoms. The number of nitrogens with zero attached hydrogens (tertiary/aromatic N) is 2. The Kier molecular flexibility index (Phi) is 3.46. The van der Waals surface area contributed by atoms with Gasteiger partial charge >= 0.3 is 5.97 Å². The summed E-state index contributed by atoms with van der Waals surface area (Å²) in [6.07, 6.45) is 0.452. The number of rotatable bonds is 3. The first kappa shape index (κ1) is 13.0. The van der Waals surface area contributed by atoms with Crippen LogP contribution < -0.4 is 5.56 Å². The summed E-state index contributed by atoms with van der Waals surface area (Å²) < 4.78 is 1.23. The van der Waals surface area contributed by atoms with Crippen molar-refractivity contribution in [1.82, 2.24) is 9.78 Å². The first-order chi connectivity index (χ1) is 9.02. The molecule has 0 unspecified atom stereocenters. The fourth-order valence-corrected chi connectivity index (χ4v) is 1.81. The smallest absolute Gasteiger partial charge is 0.337 e. The van der Waals surface area contributed by atoms with Gasteiger partial charge in [0.2, 0.25) is 0 Å². The van der Waals surface area contributed by atoms with Crippen molar-refractivity contribution in [3.63, 3.8) is 0 Å². The molecule has 0 saturated carbocycles. The highest BCUT2D eigenvalue weighted by molar-refractivity contribution is 5.88. The molecule has 1 heterocycles. The molecule has 2 aromatic rings. The molecule has 5 nitrogen and oxygen atoms in total. The van der Waals surface area contributed by atoms with Gasteiger partial charge in [0, 0.05) is 6.07 Å². The highest BCUT2D eigenvalue weighted by Gasteiger charge is 2.14. The third-order valence-corrected chi connectivity index (χ3v) is 2.85. The molecule has 0 aliphatic heterocycles. The maximum Gasteiger partial charge on any atom is 0.337 e. The topological polar surface area (TPSA) is 72.2 Å². The number of carboxylic acid groups (broad SMARTS) is 1. The molecule has 0 aliphatic carbocycles. The van der Waals surface area contributed by atoms with Crippen molar-refractivity contribution in [1.29, 1.82) is 0 Å². The monoisotopic (exact) mass is 258 g/mol. The van der Waals surface area contributed by atoms with Crippen molar-refractivity contribution in [3.05, 3.63) is 57.5 Å². The lowest BCUT2D eigenvalue weighted by atomic mass is 10.1. The number of aromatic nitrogens is 2. The van der Waals surface area contributed by atoms with Crippen molar-refractivity contribution in [2.24, 2.45) is 0 Å². The Labute approximate surface area is 110 Å². The molecule has 1 N–H and O–H groups in total. The molecular weight excluding hydrogens is 244 g/mol. The Bertz CT molecular complexity index is 672. The predicted octanol–water partition coefficient (Wildman–Crippen LogP) is 1.80. The normalized spacial score (nSPS) is 10.4. The van der Waals surface area contributed by atoms with Crippen LogP contribution in [0.25, 0.3) is 5.69 Å². The number of hydrogen-bond acceptors (Lipinski definition) is 3. The molecule has 0 amide bonds. The maximum absolute atomic E-state index is 11.9. The number of benzene rings is 1. The zero-order chi connectivity index (χ0) is 14.0. The van der Waals surface area contributed by atoms with Gasteiger partial charge in [-0.2, -0.15) is 9.78 Å². The van der Waals surface area contributed by atoms with Crippen molar-refractivity contribution in [2.75, 3.05) is 0 Å². The van der Waals surface area contributed by atoms with Gasteiger partial charge in [-0.3, -0.25) is 4.79 Å². The number of carbonyl (C=O) groups is 1. The number of hydrogen-bond donors (Lipinski definition) is 1. The van der Waals surface area contributed by atoms with E-state index >= 15 is 0 Å². The summed E-state index contributed by atoms with van der Waals surface area (Å²) in [4.78, 5) is 23.0. The standard InChI is InChI=1S/C14H14N2O3/c1-3-12-11(14(18)19)8-13(17)16(15-12)10-6-4-9(2)5-7-10/h4-8H,3H2,1-2H3,(H,18,19). The third kappa shape index (κ3) is 2.54. The first-order valence-corrected chi connectivity index (χ1v) is 5.96. The van der Waals surface area contributed by atoms with Gasteiger partial charge in [0.1, 0.15) is 0 Å². The molecule has 98 valence electrons. The predicted molar refractivity (Wildman–Crippen MR) is 70.9 cm³/mol. The second-order valence-electron chi connectivity index (χ2n) is 4.25. The van der Waals surface area contributed by atoms with Gasteiger partial charge in [-0.05, 0) is 25.5 Å². The third-order valence-electron chi connectivity index (χ3n) is 2.85. The number of aryl methyl sites for hydroxylation is 2. The largest absolute Gasteiger partial charge is 0.478 e. The molecule has 0 radical (unpaired) electrons. The molecule has 19 heavy (non-hydrogen) atoms. The van der Waals surface area contributed by atoms with Crippen LogP contribution in [-0.2, 0) is 6.42 Å². The van der Waals surface area contributed by atoms with Gasteiger partial charge in [0.15, 0.2) is 0 Å². The second-order valence-corrected chi connectivity index (χ2v) is 4.25. The van der Waals surface area contributed by atoms with Gasteiger partial charge in [0.25, 0.3) is 5.56 Å². The van der Waals surface area contributed by atoms with E-state index in [2.05, 4.69) is 5.10 Å². The van der Waals surface area contributed by atoms with E-state index < -0.39 is 11.5 Å². The Balaban J connectivity index is 2.62. The lowest BCUT2D eigenvalue weighted by molar-refractivity contribution is 0.0694. The lowest BCUT2D eigenvalue weighted by Gasteiger charge is -2.08. The summed E-state index contributed by atoms with van der Waals surface area (Å²) in [6, 6.07) is 8.43. The van der Waals surface area contributed by atoms with Crippen LogP contribution in [-0.4, -0.2) is 20.9 Å². The van der Waals surface area contributed by atoms with Gasteiger partial charge in [-0.25, -0.2) is 4.79 Å². The second kappa shape index (κ2) is 5.06. The van der Waals surface area contributed by atoms with Gasteiger partial charge in [-0.15, -0.1) is 0 Å². The van der Waals surface area contributed by atoms with Gasteiger partial charge in [-0.1, -0.05) is 24.6 Å². The number of carboxylic acids is 1. The van der Waals surface area contributed by atoms with E-state index in [0.29, 0.717) is 17.8 Å². The van der Waals surface area contributed by atoms with Crippen LogP contribution in [0.3, 0.4) is 0 Å². The summed E-state index contributed by atoms with van der Waals surface area (Å²) in [6.45, 7) is 3.75. The minimum Gasteiger partial charge on any atom is -0.478 e. The van der Waals surface area contributed by atoms with Crippen LogP contribution in [0.2, 0.25) is 0 Å². The molecular formula is C14H14N2O3.